The van der Waals surface area contributed by atoms with E-state index in [0.717, 1.165) is 66.4 Å². The smallest absolute Gasteiger partial charge is 0.270 e. The minimum Gasteiger partial charge on any atom is -0.457 e. The molecule has 0 saturated carbocycles. The molecule has 0 aliphatic rings. The predicted octanol–water partition coefficient (Wildman–Crippen LogP) is 15.1. The molecule has 0 fully saturated rings. The monoisotopic (exact) mass is 966 g/mol. The highest BCUT2D eigenvalue weighted by Gasteiger charge is 2.20. The van der Waals surface area contributed by atoms with Crippen LogP contribution in [0.15, 0.2) is 195 Å². The summed E-state index contributed by atoms with van der Waals surface area (Å²) in [7, 11) is 0. The topological polar surface area (TPSA) is 166 Å². The molecule has 0 unspecified atom stereocenters. The molecule has 0 aliphatic heterocycles. The fourth-order valence-corrected chi connectivity index (χ4v) is 10.1. The van der Waals surface area contributed by atoms with Crippen molar-refractivity contribution < 1.29 is 19.3 Å². The van der Waals surface area contributed by atoms with E-state index in [0.29, 0.717) is 67.1 Å². The highest BCUT2D eigenvalue weighted by atomic mass is 16.6. The van der Waals surface area contributed by atoms with Crippen LogP contribution in [0.25, 0.3) is 99.3 Å². The number of nitrogens with zero attached hydrogens (tertiary/aromatic N) is 8. The summed E-state index contributed by atoms with van der Waals surface area (Å²) in [6, 6.07) is 52.8. The second-order valence-electron chi connectivity index (χ2n) is 18.2. The molecule has 0 atom stereocenters. The number of hydrogen-bond donors (Lipinski definition) is 0. The van der Waals surface area contributed by atoms with Gasteiger partial charge in [0.2, 0.25) is 0 Å². The first-order chi connectivity index (χ1) is 36.1. The Labute approximate surface area is 420 Å². The van der Waals surface area contributed by atoms with Crippen molar-refractivity contribution >= 4 is 76.5 Å². The number of nitro benzene ring substituents is 2. The molecule has 0 amide bonds. The van der Waals surface area contributed by atoms with E-state index in [9.17, 15) is 20.2 Å². The number of aryl methyl sites for hydroxylation is 2. The zero-order valence-electron chi connectivity index (χ0n) is 39.5. The van der Waals surface area contributed by atoms with E-state index in [2.05, 4.69) is 33.4 Å². The Kier molecular flexibility index (Phi) is 10.2. The Morgan fingerprint density at radius 1 is 0.405 bits per heavy atom. The van der Waals surface area contributed by atoms with Gasteiger partial charge in [0.25, 0.3) is 11.4 Å². The van der Waals surface area contributed by atoms with Gasteiger partial charge in [0.05, 0.1) is 55.7 Å². The van der Waals surface area contributed by atoms with E-state index in [1.807, 2.05) is 111 Å². The van der Waals surface area contributed by atoms with Crippen LogP contribution in [-0.2, 0) is 0 Å². The summed E-state index contributed by atoms with van der Waals surface area (Å²) in [4.78, 5) is 42.6. The molecular formula is C60H38N8O6. The van der Waals surface area contributed by atoms with Crippen LogP contribution < -0.4 is 9.47 Å². The minimum absolute atomic E-state index is 0.0709. The van der Waals surface area contributed by atoms with E-state index in [4.69, 9.17) is 29.4 Å². The van der Waals surface area contributed by atoms with Gasteiger partial charge in [0.1, 0.15) is 34.6 Å². The van der Waals surface area contributed by atoms with Crippen LogP contribution in [0.4, 0.5) is 11.4 Å². The first kappa shape index (κ1) is 43.7. The molecule has 14 nitrogen and oxygen atoms in total. The lowest BCUT2D eigenvalue weighted by Crippen LogP contribution is -1.98. The van der Waals surface area contributed by atoms with Crippen molar-refractivity contribution in [1.82, 2.24) is 29.1 Å². The minimum atomic E-state index is -0.425. The maximum absolute atomic E-state index is 12.0. The second-order valence-corrected chi connectivity index (χ2v) is 18.2. The van der Waals surface area contributed by atoms with Crippen LogP contribution >= 0.6 is 0 Å². The van der Waals surface area contributed by atoms with Crippen LogP contribution in [0.1, 0.15) is 11.1 Å². The second kappa shape index (κ2) is 17.2. The van der Waals surface area contributed by atoms with Gasteiger partial charge in [-0.3, -0.25) is 39.3 Å². The molecule has 0 radical (unpaired) electrons. The number of nitro groups is 2. The lowest BCUT2D eigenvalue weighted by Gasteiger charge is -2.14. The van der Waals surface area contributed by atoms with E-state index in [1.165, 1.54) is 24.3 Å². The van der Waals surface area contributed by atoms with Crippen molar-refractivity contribution in [3.05, 3.63) is 226 Å². The van der Waals surface area contributed by atoms with E-state index < -0.39 is 9.85 Å². The van der Waals surface area contributed by atoms with Crippen molar-refractivity contribution in [2.45, 2.75) is 13.8 Å². The summed E-state index contributed by atoms with van der Waals surface area (Å²) < 4.78 is 17.5. The third kappa shape index (κ3) is 7.52. The van der Waals surface area contributed by atoms with Crippen molar-refractivity contribution in [2.75, 3.05) is 0 Å². The fraction of sp³-hybridized carbons (Fsp3) is 0.0333. The largest absolute Gasteiger partial charge is 0.457 e. The first-order valence-corrected chi connectivity index (χ1v) is 23.7. The molecule has 5 heterocycles. The summed E-state index contributed by atoms with van der Waals surface area (Å²) in [5.74, 6) is 3.51. The van der Waals surface area contributed by atoms with Gasteiger partial charge >= 0.3 is 0 Å². The van der Waals surface area contributed by atoms with Gasteiger partial charge in [-0.05, 0) is 144 Å². The zero-order valence-corrected chi connectivity index (χ0v) is 39.5. The van der Waals surface area contributed by atoms with Gasteiger partial charge in [-0.15, -0.1) is 0 Å². The molecule has 8 aromatic carbocycles. The van der Waals surface area contributed by atoms with Crippen molar-refractivity contribution in [3.63, 3.8) is 0 Å². The molecule has 13 rings (SSSR count). The summed E-state index contributed by atoms with van der Waals surface area (Å²) in [6.07, 6.45) is 6.89. The average molecular weight is 967 g/mol. The number of benzene rings is 8. The van der Waals surface area contributed by atoms with Crippen LogP contribution in [0.5, 0.6) is 23.0 Å². The lowest BCUT2D eigenvalue weighted by molar-refractivity contribution is -0.384. The fourth-order valence-electron chi connectivity index (χ4n) is 10.1. The molecule has 0 saturated heterocycles. The van der Waals surface area contributed by atoms with Gasteiger partial charge in [-0.2, -0.15) is 0 Å². The summed E-state index contributed by atoms with van der Waals surface area (Å²) in [5, 5.41) is 30.9. The SMILES string of the molecule is Cc1ccnc(-n2c3ccccc3c3ccc(Oc4cc(-c5cnc(-c6cc(Oc7ccc8c9ccccc9n(-c9cc(C)ccn9)c8c7)cc7cc([N+](=O)[O-])ccc67)cn5)c5ccc([N+](=O)[O-])cc5c4)cc32)c1. The quantitative estimate of drug-likeness (QED) is 0.0950. The third-order valence-electron chi connectivity index (χ3n) is 13.5. The van der Waals surface area contributed by atoms with Gasteiger partial charge < -0.3 is 9.47 Å². The van der Waals surface area contributed by atoms with Crippen LogP contribution in [0.2, 0.25) is 0 Å². The standard InChI is InChI=1S/C60H38N8O6/c1-35-19-21-61-59(23-35)65-55-9-5-3-7-47(55)49-17-13-41(31-57(49)65)73-43-27-37-25-39(67(69)70)11-15-45(37)51(29-43)53-33-64-54(34-63-53)52-30-44(28-38-26-40(68(71)72)12-16-46(38)52)74-42-14-18-50-48-8-4-6-10-56(48)66(58(50)32-42)60-24-36(2)20-22-62-60/h3-34H,1-2H3. The Bertz CT molecular complexity index is 4200. The van der Waals surface area contributed by atoms with Crippen molar-refractivity contribution in [3.8, 4) is 57.1 Å². The zero-order chi connectivity index (χ0) is 50.2. The first-order valence-electron chi connectivity index (χ1n) is 23.7. The predicted molar refractivity (Wildman–Crippen MR) is 288 cm³/mol. The molecule has 0 N–H and O–H groups in total. The summed E-state index contributed by atoms with van der Waals surface area (Å²) in [6.45, 7) is 4.07. The highest BCUT2D eigenvalue weighted by Crippen LogP contribution is 2.42. The van der Waals surface area contributed by atoms with Crippen LogP contribution in [-0.4, -0.2) is 38.9 Å². The van der Waals surface area contributed by atoms with Crippen LogP contribution in [0.3, 0.4) is 0 Å². The Hall–Kier alpha value is -10.3. The molecule has 13 aromatic rings. The Morgan fingerprint density at radius 2 is 0.824 bits per heavy atom. The molecule has 354 valence electrons. The number of fused-ring (bicyclic) bond motifs is 8. The molecule has 74 heavy (non-hydrogen) atoms. The van der Waals surface area contributed by atoms with E-state index in [-0.39, 0.29) is 11.4 Å². The van der Waals surface area contributed by atoms with Gasteiger partial charge in [0.15, 0.2) is 0 Å². The number of non-ortho nitro benzene ring substituents is 2. The molecule has 0 spiro atoms. The molecule has 14 heteroatoms. The summed E-state index contributed by atoms with van der Waals surface area (Å²) in [5.41, 5.74) is 8.06. The Morgan fingerprint density at radius 3 is 1.24 bits per heavy atom. The number of pyridine rings is 2. The number of para-hydroxylation sites is 2. The average Bonchev–Trinajstić information content (AvgIpc) is 3.92. The van der Waals surface area contributed by atoms with Crippen LogP contribution in [0, 0.1) is 34.1 Å². The van der Waals surface area contributed by atoms with E-state index in [1.54, 1.807) is 49.1 Å². The van der Waals surface area contributed by atoms with Gasteiger partial charge in [0, 0.05) is 81.5 Å². The van der Waals surface area contributed by atoms with Gasteiger partial charge in [-0.25, -0.2) is 9.97 Å². The number of aromatic nitrogens is 6. The maximum atomic E-state index is 12.0. The van der Waals surface area contributed by atoms with Gasteiger partial charge in [-0.1, -0.05) is 36.4 Å². The molecule has 0 bridgehead atoms. The number of rotatable bonds is 10. The van der Waals surface area contributed by atoms with Crippen molar-refractivity contribution in [2.24, 2.45) is 0 Å². The normalized spacial score (nSPS) is 11.6. The Balaban J connectivity index is 0.894. The maximum Gasteiger partial charge on any atom is 0.270 e. The molecular weight excluding hydrogens is 929 g/mol. The highest BCUT2D eigenvalue weighted by molar-refractivity contribution is 6.11. The van der Waals surface area contributed by atoms with E-state index >= 15 is 0 Å². The summed E-state index contributed by atoms with van der Waals surface area (Å²) >= 11 is 0. The molecule has 5 aromatic heterocycles. The third-order valence-corrected chi connectivity index (χ3v) is 13.5. The number of ether oxygens (including phenoxy) is 2. The number of hydrogen-bond acceptors (Lipinski definition) is 10. The van der Waals surface area contributed by atoms with Crippen molar-refractivity contribution in [1.29, 1.82) is 0 Å². The lowest BCUT2D eigenvalue weighted by atomic mass is 10.00. The molecule has 0 aliphatic carbocycles.